The lowest BCUT2D eigenvalue weighted by Gasteiger charge is -2.29. The van der Waals surface area contributed by atoms with Crippen molar-refractivity contribution in [3.8, 4) is 0 Å². The number of benzene rings is 1. The topological polar surface area (TPSA) is 52.6 Å². The van der Waals surface area contributed by atoms with Gasteiger partial charge in [0.05, 0.1) is 6.26 Å². The first-order chi connectivity index (χ1) is 8.97. The summed E-state index contributed by atoms with van der Waals surface area (Å²) in [6.45, 7) is 1.09. The van der Waals surface area contributed by atoms with Gasteiger partial charge >= 0.3 is 0 Å². The lowest BCUT2D eigenvalue weighted by Crippen LogP contribution is -2.26. The van der Waals surface area contributed by atoms with Crippen molar-refractivity contribution >= 4 is 10.1 Å². The molecule has 1 fully saturated rings. The highest BCUT2D eigenvalue weighted by Gasteiger charge is 2.31. The van der Waals surface area contributed by atoms with Crippen LogP contribution in [-0.4, -0.2) is 27.9 Å². The molecule has 4 nitrogen and oxygen atoms in total. The van der Waals surface area contributed by atoms with Gasteiger partial charge in [-0.3, -0.25) is 4.18 Å². The summed E-state index contributed by atoms with van der Waals surface area (Å²) in [6, 6.07) is 6.13. The van der Waals surface area contributed by atoms with E-state index in [0.29, 0.717) is 31.6 Å². The Morgan fingerprint density at radius 3 is 2.53 bits per heavy atom. The summed E-state index contributed by atoms with van der Waals surface area (Å²) in [5.74, 6) is -0.497. The molecule has 1 heterocycles. The van der Waals surface area contributed by atoms with E-state index in [4.69, 9.17) is 8.92 Å². The molecule has 1 aromatic rings. The zero-order valence-corrected chi connectivity index (χ0v) is 11.5. The lowest BCUT2D eigenvalue weighted by molar-refractivity contribution is 0.0185. The van der Waals surface area contributed by atoms with Gasteiger partial charge in [0.1, 0.15) is 11.9 Å². The van der Waals surface area contributed by atoms with E-state index in [1.807, 2.05) is 0 Å². The number of rotatable bonds is 4. The molecule has 19 heavy (non-hydrogen) atoms. The first-order valence-corrected chi connectivity index (χ1v) is 7.99. The molecule has 0 aromatic heterocycles. The van der Waals surface area contributed by atoms with Crippen LogP contribution in [0.3, 0.4) is 0 Å². The second-order valence-corrected chi connectivity index (χ2v) is 6.29. The summed E-state index contributed by atoms with van der Waals surface area (Å²) >= 11 is 0. The molecule has 0 radical (unpaired) electrons. The van der Waals surface area contributed by atoms with Crippen molar-refractivity contribution < 1.29 is 21.7 Å². The van der Waals surface area contributed by atoms with E-state index in [1.54, 1.807) is 18.2 Å². The minimum atomic E-state index is -3.65. The van der Waals surface area contributed by atoms with Gasteiger partial charge in [0.15, 0.2) is 0 Å². The Morgan fingerprint density at radius 2 is 1.95 bits per heavy atom. The van der Waals surface area contributed by atoms with Crippen LogP contribution in [0, 0.1) is 11.7 Å². The normalized spacial score (nSPS) is 19.3. The van der Waals surface area contributed by atoms with E-state index >= 15 is 0 Å². The first kappa shape index (κ1) is 14.4. The molecular weight excluding hydrogens is 271 g/mol. The summed E-state index contributed by atoms with van der Waals surface area (Å²) in [7, 11) is -3.65. The fraction of sp³-hybridized carbons (Fsp3) is 0.538. The van der Waals surface area contributed by atoms with Gasteiger partial charge in [-0.15, -0.1) is 0 Å². The summed E-state index contributed by atoms with van der Waals surface area (Å²) in [5.41, 5.74) is 0.292. The average molecular weight is 288 g/mol. The molecule has 0 N–H and O–H groups in total. The minimum absolute atomic E-state index is 0.0552. The van der Waals surface area contributed by atoms with E-state index in [-0.39, 0.29) is 5.92 Å². The molecule has 1 aromatic carbocycles. The predicted molar refractivity (Wildman–Crippen MR) is 68.6 cm³/mol. The van der Waals surface area contributed by atoms with E-state index in [9.17, 15) is 12.8 Å². The van der Waals surface area contributed by atoms with E-state index in [2.05, 4.69) is 0 Å². The first-order valence-electron chi connectivity index (χ1n) is 6.18. The summed E-state index contributed by atoms with van der Waals surface area (Å²) < 4.78 is 47.0. The molecule has 1 aliphatic rings. The van der Waals surface area contributed by atoms with Gasteiger partial charge in [0.2, 0.25) is 0 Å². The number of ether oxygens (including phenoxy) is 1. The van der Waals surface area contributed by atoms with Crippen LogP contribution in [-0.2, 0) is 19.0 Å². The SMILES string of the molecule is CS(=O)(=O)O[C@@H](c1ccccc1F)C1CCOCC1. The van der Waals surface area contributed by atoms with Crippen molar-refractivity contribution in [3.05, 3.63) is 35.6 Å². The van der Waals surface area contributed by atoms with Gasteiger partial charge in [-0.25, -0.2) is 4.39 Å². The van der Waals surface area contributed by atoms with E-state index in [0.717, 1.165) is 6.26 Å². The highest BCUT2D eigenvalue weighted by atomic mass is 32.2. The molecule has 106 valence electrons. The Bertz CT molecular complexity index is 523. The number of halogens is 1. The smallest absolute Gasteiger partial charge is 0.264 e. The number of hydrogen-bond acceptors (Lipinski definition) is 4. The van der Waals surface area contributed by atoms with E-state index in [1.165, 1.54) is 6.07 Å². The van der Waals surface area contributed by atoms with Crippen LogP contribution in [0.15, 0.2) is 24.3 Å². The Kier molecular flexibility index (Phi) is 4.54. The third kappa shape index (κ3) is 3.99. The summed E-state index contributed by atoms with van der Waals surface area (Å²) in [4.78, 5) is 0. The molecule has 0 aliphatic carbocycles. The quantitative estimate of drug-likeness (QED) is 0.798. The second kappa shape index (κ2) is 5.98. The van der Waals surface area contributed by atoms with Crippen LogP contribution in [0.4, 0.5) is 4.39 Å². The van der Waals surface area contributed by atoms with Crippen molar-refractivity contribution in [1.82, 2.24) is 0 Å². The predicted octanol–water partition coefficient (Wildman–Crippen LogP) is 2.27. The third-order valence-electron chi connectivity index (χ3n) is 3.18. The van der Waals surface area contributed by atoms with Gasteiger partial charge in [0.25, 0.3) is 10.1 Å². The molecule has 0 unspecified atom stereocenters. The lowest BCUT2D eigenvalue weighted by atomic mass is 9.89. The van der Waals surface area contributed by atoms with Crippen LogP contribution < -0.4 is 0 Å². The maximum Gasteiger partial charge on any atom is 0.264 e. The van der Waals surface area contributed by atoms with E-state index < -0.39 is 22.0 Å². The molecule has 1 aliphatic heterocycles. The third-order valence-corrected chi connectivity index (χ3v) is 3.74. The molecule has 0 bridgehead atoms. The van der Waals surface area contributed by atoms with Crippen molar-refractivity contribution in [2.45, 2.75) is 18.9 Å². The summed E-state index contributed by atoms with van der Waals surface area (Å²) in [5, 5.41) is 0. The van der Waals surface area contributed by atoms with Crippen molar-refractivity contribution in [2.24, 2.45) is 5.92 Å². The molecule has 0 spiro atoms. The standard InChI is InChI=1S/C13H17FO4S/c1-19(15,16)18-13(10-6-8-17-9-7-10)11-4-2-3-5-12(11)14/h2-5,10,13H,6-9H2,1H3/t13-/m1/s1. The second-order valence-electron chi connectivity index (χ2n) is 4.69. The maximum absolute atomic E-state index is 13.9. The van der Waals surface area contributed by atoms with Crippen LogP contribution in [0.2, 0.25) is 0 Å². The molecule has 1 saturated heterocycles. The molecule has 1 atom stereocenters. The van der Waals surface area contributed by atoms with Gasteiger partial charge in [-0.1, -0.05) is 18.2 Å². The Labute approximate surface area is 112 Å². The van der Waals surface area contributed by atoms with Crippen molar-refractivity contribution in [3.63, 3.8) is 0 Å². The zero-order valence-electron chi connectivity index (χ0n) is 10.7. The highest BCUT2D eigenvalue weighted by molar-refractivity contribution is 7.86. The van der Waals surface area contributed by atoms with Crippen molar-refractivity contribution in [1.29, 1.82) is 0 Å². The largest absolute Gasteiger partial charge is 0.381 e. The molecule has 6 heteroatoms. The minimum Gasteiger partial charge on any atom is -0.381 e. The fourth-order valence-corrected chi connectivity index (χ4v) is 2.93. The van der Waals surface area contributed by atoms with Crippen molar-refractivity contribution in [2.75, 3.05) is 19.5 Å². The molecular formula is C13H17FO4S. The maximum atomic E-state index is 13.9. The molecule has 2 rings (SSSR count). The zero-order chi connectivity index (χ0) is 13.9. The fourth-order valence-electron chi connectivity index (χ4n) is 2.30. The Morgan fingerprint density at radius 1 is 1.32 bits per heavy atom. The van der Waals surface area contributed by atoms with Crippen LogP contribution in [0.1, 0.15) is 24.5 Å². The average Bonchev–Trinajstić information content (AvgIpc) is 2.37. The highest BCUT2D eigenvalue weighted by Crippen LogP contribution is 2.35. The van der Waals surface area contributed by atoms with Gasteiger partial charge in [0, 0.05) is 18.8 Å². The Hall–Kier alpha value is -0.980. The van der Waals surface area contributed by atoms with Crippen LogP contribution in [0.25, 0.3) is 0 Å². The van der Waals surface area contributed by atoms with Crippen LogP contribution in [0.5, 0.6) is 0 Å². The van der Waals surface area contributed by atoms with Gasteiger partial charge in [-0.05, 0) is 24.8 Å². The Balaban J connectivity index is 2.30. The summed E-state index contributed by atoms with van der Waals surface area (Å²) in [6.07, 6.45) is 1.53. The number of hydrogen-bond donors (Lipinski definition) is 0. The molecule has 0 saturated carbocycles. The van der Waals surface area contributed by atoms with Gasteiger partial charge in [-0.2, -0.15) is 8.42 Å². The van der Waals surface area contributed by atoms with Gasteiger partial charge < -0.3 is 4.74 Å². The molecule has 0 amide bonds. The van der Waals surface area contributed by atoms with Crippen LogP contribution >= 0.6 is 0 Å². The monoisotopic (exact) mass is 288 g/mol.